The molecule has 0 atom stereocenters. The maximum atomic E-state index is 2.39. The monoisotopic (exact) mass is 536 g/mol. The number of benzene rings is 7. The van der Waals surface area contributed by atoms with Gasteiger partial charge in [0.15, 0.2) is 0 Å². The standard InChI is InChI=1S/C42H32/c1-25-17-19-27(3)36(23-25)39-32-13-8-9-14-33(32)40(37-24-26(2)18-20-28(37)4)42-35-22-21-30(29-11-6-5-7-12-29)31-15-10-16-34(38(31)35)41(39)42/h5-24H,1-4H3. The van der Waals surface area contributed by atoms with Gasteiger partial charge in [-0.15, -0.1) is 0 Å². The first-order chi connectivity index (χ1) is 20.5. The van der Waals surface area contributed by atoms with E-state index in [2.05, 4.69) is 149 Å². The Balaban J connectivity index is 1.61. The average Bonchev–Trinajstić information content (AvgIpc) is 3.34. The van der Waals surface area contributed by atoms with Crippen molar-refractivity contribution in [1.29, 1.82) is 0 Å². The van der Waals surface area contributed by atoms with Gasteiger partial charge in [0.25, 0.3) is 0 Å². The van der Waals surface area contributed by atoms with Crippen LogP contribution >= 0.6 is 0 Å². The maximum absolute atomic E-state index is 2.39. The van der Waals surface area contributed by atoms with Crippen molar-refractivity contribution in [3.8, 4) is 55.6 Å². The first-order valence-electron chi connectivity index (χ1n) is 14.9. The Bertz CT molecular complexity index is 2110. The lowest BCUT2D eigenvalue weighted by molar-refractivity contribution is 1.39. The smallest absolute Gasteiger partial charge is 0.000730 e. The van der Waals surface area contributed by atoms with E-state index in [9.17, 15) is 0 Å². The fourth-order valence-corrected chi connectivity index (χ4v) is 7.24. The van der Waals surface area contributed by atoms with Crippen molar-refractivity contribution >= 4 is 21.5 Å². The fourth-order valence-electron chi connectivity index (χ4n) is 7.24. The van der Waals surface area contributed by atoms with Crippen molar-refractivity contribution in [1.82, 2.24) is 0 Å². The molecule has 0 aromatic heterocycles. The van der Waals surface area contributed by atoms with Crippen LogP contribution in [0.15, 0.2) is 121 Å². The molecule has 1 aliphatic rings. The van der Waals surface area contributed by atoms with Crippen LogP contribution < -0.4 is 0 Å². The first-order valence-corrected chi connectivity index (χ1v) is 14.9. The molecule has 0 unspecified atom stereocenters. The molecule has 7 aromatic carbocycles. The van der Waals surface area contributed by atoms with Gasteiger partial charge < -0.3 is 0 Å². The van der Waals surface area contributed by atoms with E-state index in [1.807, 2.05) is 0 Å². The van der Waals surface area contributed by atoms with Gasteiger partial charge in [-0.1, -0.05) is 132 Å². The molecule has 0 N–H and O–H groups in total. The van der Waals surface area contributed by atoms with Crippen LogP contribution in [-0.2, 0) is 0 Å². The molecule has 0 amide bonds. The predicted molar refractivity (Wildman–Crippen MR) is 181 cm³/mol. The van der Waals surface area contributed by atoms with E-state index in [0.717, 1.165) is 0 Å². The molecule has 0 spiro atoms. The van der Waals surface area contributed by atoms with Gasteiger partial charge in [-0.2, -0.15) is 0 Å². The molecule has 7 aromatic rings. The Hall–Kier alpha value is -4.94. The maximum Gasteiger partial charge on any atom is -0.000730 e. The van der Waals surface area contributed by atoms with Gasteiger partial charge in [0.05, 0.1) is 0 Å². The van der Waals surface area contributed by atoms with E-state index >= 15 is 0 Å². The molecule has 8 rings (SSSR count). The molecule has 0 bridgehead atoms. The highest BCUT2D eigenvalue weighted by Gasteiger charge is 2.31. The van der Waals surface area contributed by atoms with Crippen molar-refractivity contribution in [2.24, 2.45) is 0 Å². The zero-order valence-electron chi connectivity index (χ0n) is 24.5. The number of hydrogen-bond donors (Lipinski definition) is 0. The number of rotatable bonds is 3. The summed E-state index contributed by atoms with van der Waals surface area (Å²) >= 11 is 0. The van der Waals surface area contributed by atoms with E-state index < -0.39 is 0 Å². The van der Waals surface area contributed by atoms with Gasteiger partial charge in [0.2, 0.25) is 0 Å². The Labute approximate surface area is 247 Å². The van der Waals surface area contributed by atoms with Crippen LogP contribution in [0.1, 0.15) is 22.3 Å². The van der Waals surface area contributed by atoms with E-state index in [-0.39, 0.29) is 0 Å². The highest BCUT2D eigenvalue weighted by molar-refractivity contribution is 6.29. The summed E-state index contributed by atoms with van der Waals surface area (Å²) in [5, 5.41) is 5.31. The van der Waals surface area contributed by atoms with Gasteiger partial charge in [0, 0.05) is 0 Å². The van der Waals surface area contributed by atoms with Crippen LogP contribution in [0, 0.1) is 27.7 Å². The third kappa shape index (κ3) is 3.55. The third-order valence-corrected chi connectivity index (χ3v) is 9.20. The molecule has 0 saturated carbocycles. The Morgan fingerprint density at radius 3 is 1.43 bits per heavy atom. The largest absolute Gasteiger partial charge is 0.0622 e. The predicted octanol–water partition coefficient (Wildman–Crippen LogP) is 11.9. The first kappa shape index (κ1) is 24.8. The SMILES string of the molecule is Cc1ccc(C)c(-c2c3c(c(-c4cc(C)ccc4C)c4ccccc24)-c2ccc(-c4ccccc4)c4cccc-3c24)c1. The van der Waals surface area contributed by atoms with E-state index in [1.54, 1.807) is 0 Å². The summed E-state index contributed by atoms with van der Waals surface area (Å²) in [5.74, 6) is 0. The van der Waals surface area contributed by atoms with Crippen LogP contribution in [0.2, 0.25) is 0 Å². The zero-order valence-corrected chi connectivity index (χ0v) is 24.5. The van der Waals surface area contributed by atoms with Crippen LogP contribution in [-0.4, -0.2) is 0 Å². The molecule has 0 heterocycles. The fraction of sp³-hybridized carbons (Fsp3) is 0.0952. The van der Waals surface area contributed by atoms with E-state index in [4.69, 9.17) is 0 Å². The molecule has 200 valence electrons. The Morgan fingerprint density at radius 1 is 0.333 bits per heavy atom. The minimum absolute atomic E-state index is 1.26. The molecular weight excluding hydrogens is 504 g/mol. The third-order valence-electron chi connectivity index (χ3n) is 9.20. The van der Waals surface area contributed by atoms with Crippen molar-refractivity contribution in [2.45, 2.75) is 27.7 Å². The molecule has 0 aliphatic heterocycles. The van der Waals surface area contributed by atoms with Gasteiger partial charge in [-0.25, -0.2) is 0 Å². The summed E-state index contributed by atoms with van der Waals surface area (Å²) in [4.78, 5) is 0. The summed E-state index contributed by atoms with van der Waals surface area (Å²) in [7, 11) is 0. The van der Waals surface area contributed by atoms with Gasteiger partial charge in [-0.05, 0) is 116 Å². The van der Waals surface area contributed by atoms with Crippen molar-refractivity contribution < 1.29 is 0 Å². The Kier molecular flexibility index (Phi) is 5.49. The summed E-state index contributed by atoms with van der Waals surface area (Å²) in [6.07, 6.45) is 0. The van der Waals surface area contributed by atoms with Crippen LogP contribution in [0.25, 0.3) is 77.2 Å². The summed E-state index contributed by atoms with van der Waals surface area (Å²) in [6, 6.07) is 45.3. The highest BCUT2D eigenvalue weighted by Crippen LogP contribution is 2.59. The van der Waals surface area contributed by atoms with Gasteiger partial charge >= 0.3 is 0 Å². The lowest BCUT2D eigenvalue weighted by Crippen LogP contribution is -1.96. The minimum Gasteiger partial charge on any atom is -0.0622 e. The molecule has 1 aliphatic carbocycles. The molecule has 0 nitrogen and oxygen atoms in total. The average molecular weight is 537 g/mol. The molecule has 0 fully saturated rings. The Morgan fingerprint density at radius 2 is 0.833 bits per heavy atom. The topological polar surface area (TPSA) is 0 Å². The number of aryl methyl sites for hydroxylation is 4. The van der Waals surface area contributed by atoms with Gasteiger partial charge in [0.1, 0.15) is 0 Å². The number of hydrogen-bond acceptors (Lipinski definition) is 0. The number of fused-ring (bicyclic) bond motifs is 4. The van der Waals surface area contributed by atoms with Crippen LogP contribution in [0.3, 0.4) is 0 Å². The zero-order chi connectivity index (χ0) is 28.5. The quantitative estimate of drug-likeness (QED) is 0.211. The van der Waals surface area contributed by atoms with Crippen molar-refractivity contribution in [3.63, 3.8) is 0 Å². The van der Waals surface area contributed by atoms with E-state index in [0.29, 0.717) is 0 Å². The van der Waals surface area contributed by atoms with Crippen LogP contribution in [0.4, 0.5) is 0 Å². The van der Waals surface area contributed by atoms with E-state index in [1.165, 1.54) is 99.4 Å². The second kappa shape index (κ2) is 9.29. The second-order valence-corrected chi connectivity index (χ2v) is 11.9. The van der Waals surface area contributed by atoms with Crippen molar-refractivity contribution in [3.05, 3.63) is 144 Å². The lowest BCUT2D eigenvalue weighted by Gasteiger charge is -2.22. The molecule has 0 heteroatoms. The summed E-state index contributed by atoms with van der Waals surface area (Å²) in [6.45, 7) is 8.92. The van der Waals surface area contributed by atoms with Crippen LogP contribution in [0.5, 0.6) is 0 Å². The molecule has 0 radical (unpaired) electrons. The van der Waals surface area contributed by atoms with Crippen molar-refractivity contribution in [2.75, 3.05) is 0 Å². The highest BCUT2D eigenvalue weighted by atomic mass is 14.3. The lowest BCUT2D eigenvalue weighted by atomic mass is 9.80. The second-order valence-electron chi connectivity index (χ2n) is 11.9. The molecule has 0 saturated heterocycles. The summed E-state index contributed by atoms with van der Waals surface area (Å²) < 4.78 is 0. The van der Waals surface area contributed by atoms with Gasteiger partial charge in [-0.3, -0.25) is 0 Å². The normalized spacial score (nSPS) is 11.8. The minimum atomic E-state index is 1.26. The molecule has 42 heavy (non-hydrogen) atoms. The molecular formula is C42H32. The summed E-state index contributed by atoms with van der Waals surface area (Å²) in [5.41, 5.74) is 18.5.